The number of benzene rings is 1. The molecule has 0 fully saturated rings. The predicted molar refractivity (Wildman–Crippen MR) is 86.2 cm³/mol. The molecule has 0 spiro atoms. The Hall–Kier alpha value is -2.21. The molecule has 0 aliphatic rings. The van der Waals surface area contributed by atoms with Gasteiger partial charge in [0.25, 0.3) is 5.91 Å². The number of aromatic nitrogens is 2. The molecule has 3 rings (SSSR count). The van der Waals surface area contributed by atoms with E-state index in [1.54, 1.807) is 11.3 Å². The molecule has 0 unspecified atom stereocenters. The third-order valence-electron chi connectivity index (χ3n) is 3.37. The second-order valence-electron chi connectivity index (χ2n) is 4.91. The van der Waals surface area contributed by atoms with E-state index >= 15 is 0 Å². The minimum Gasteiger partial charge on any atom is -0.448 e. The van der Waals surface area contributed by atoms with Gasteiger partial charge in [-0.15, -0.1) is 11.3 Å². The molecule has 0 saturated carbocycles. The molecule has 0 atom stereocenters. The number of hydrogen-bond donors (Lipinski definition) is 1. The smallest absolute Gasteiger partial charge is 0.273 e. The number of carbonyl (C=O) groups excluding carboxylic acids is 1. The zero-order valence-electron chi connectivity index (χ0n) is 12.3. The first-order chi connectivity index (χ1) is 10.8. The van der Waals surface area contributed by atoms with E-state index in [2.05, 4.69) is 21.4 Å². The molecule has 0 aliphatic carbocycles. The summed E-state index contributed by atoms with van der Waals surface area (Å²) in [6.45, 7) is 2.54. The Balaban J connectivity index is 1.50. The SMILES string of the molecule is CCc1ocnc1C(=O)NCCCc1nc2ccccc2s1. The number of fused-ring (bicyclic) bond motifs is 1. The zero-order chi connectivity index (χ0) is 15.4. The van der Waals surface area contributed by atoms with E-state index in [-0.39, 0.29) is 5.91 Å². The maximum atomic E-state index is 12.0. The fourth-order valence-electron chi connectivity index (χ4n) is 2.26. The van der Waals surface area contributed by atoms with Gasteiger partial charge in [-0.2, -0.15) is 0 Å². The number of hydrogen-bond acceptors (Lipinski definition) is 5. The van der Waals surface area contributed by atoms with Crippen molar-refractivity contribution in [2.75, 3.05) is 6.54 Å². The van der Waals surface area contributed by atoms with Gasteiger partial charge in [0.15, 0.2) is 12.1 Å². The molecule has 1 N–H and O–H groups in total. The highest BCUT2D eigenvalue weighted by Crippen LogP contribution is 2.22. The summed E-state index contributed by atoms with van der Waals surface area (Å²) in [5.41, 5.74) is 1.43. The molecule has 1 aromatic carbocycles. The number of aryl methyl sites for hydroxylation is 2. The summed E-state index contributed by atoms with van der Waals surface area (Å²) in [6.07, 6.45) is 3.69. The van der Waals surface area contributed by atoms with Gasteiger partial charge in [0.2, 0.25) is 0 Å². The number of oxazole rings is 1. The number of para-hydroxylation sites is 1. The zero-order valence-corrected chi connectivity index (χ0v) is 13.2. The third kappa shape index (κ3) is 3.17. The largest absolute Gasteiger partial charge is 0.448 e. The Kier molecular flexibility index (Phi) is 4.48. The monoisotopic (exact) mass is 315 g/mol. The van der Waals surface area contributed by atoms with Crippen LogP contribution in [0.3, 0.4) is 0 Å². The van der Waals surface area contributed by atoms with Crippen molar-refractivity contribution in [3.63, 3.8) is 0 Å². The quantitative estimate of drug-likeness (QED) is 0.709. The van der Waals surface area contributed by atoms with Gasteiger partial charge in [-0.25, -0.2) is 9.97 Å². The predicted octanol–water partition coefficient (Wildman–Crippen LogP) is 3.21. The van der Waals surface area contributed by atoms with Crippen molar-refractivity contribution in [3.8, 4) is 0 Å². The van der Waals surface area contributed by atoms with Crippen molar-refractivity contribution < 1.29 is 9.21 Å². The van der Waals surface area contributed by atoms with Gasteiger partial charge in [0, 0.05) is 19.4 Å². The van der Waals surface area contributed by atoms with Crippen molar-refractivity contribution >= 4 is 27.5 Å². The normalized spacial score (nSPS) is 11.0. The van der Waals surface area contributed by atoms with E-state index in [4.69, 9.17) is 4.42 Å². The summed E-state index contributed by atoms with van der Waals surface area (Å²) in [7, 11) is 0. The van der Waals surface area contributed by atoms with Gasteiger partial charge >= 0.3 is 0 Å². The topological polar surface area (TPSA) is 68.0 Å². The van der Waals surface area contributed by atoms with Crippen LogP contribution in [0.5, 0.6) is 0 Å². The molecule has 5 nitrogen and oxygen atoms in total. The van der Waals surface area contributed by atoms with Gasteiger partial charge < -0.3 is 9.73 Å². The van der Waals surface area contributed by atoms with E-state index in [1.807, 2.05) is 25.1 Å². The van der Waals surface area contributed by atoms with Crippen LogP contribution >= 0.6 is 11.3 Å². The molecule has 3 aromatic rings. The van der Waals surface area contributed by atoms with E-state index in [9.17, 15) is 4.79 Å². The molecule has 114 valence electrons. The Morgan fingerprint density at radius 2 is 2.23 bits per heavy atom. The molecule has 0 radical (unpaired) electrons. The van der Waals surface area contributed by atoms with Gasteiger partial charge in [-0.1, -0.05) is 19.1 Å². The maximum Gasteiger partial charge on any atom is 0.273 e. The number of nitrogens with one attached hydrogen (secondary N) is 1. The molecular formula is C16H17N3O2S. The number of amides is 1. The minimum absolute atomic E-state index is 0.171. The molecular weight excluding hydrogens is 298 g/mol. The standard InChI is InChI=1S/C16H17N3O2S/c1-2-12-15(18-10-21-12)16(20)17-9-5-8-14-19-11-6-3-4-7-13(11)22-14/h3-4,6-7,10H,2,5,8-9H2,1H3,(H,17,20). The highest BCUT2D eigenvalue weighted by atomic mass is 32.1. The first-order valence-electron chi connectivity index (χ1n) is 7.33. The molecule has 0 saturated heterocycles. The number of thiazole rings is 1. The van der Waals surface area contributed by atoms with Crippen LogP contribution in [0.25, 0.3) is 10.2 Å². The first-order valence-corrected chi connectivity index (χ1v) is 8.14. The molecule has 0 bridgehead atoms. The molecule has 2 heterocycles. The van der Waals surface area contributed by atoms with Crippen LogP contribution in [0.1, 0.15) is 34.6 Å². The summed E-state index contributed by atoms with van der Waals surface area (Å²) >= 11 is 1.71. The van der Waals surface area contributed by atoms with Crippen LogP contribution in [0.4, 0.5) is 0 Å². The summed E-state index contributed by atoms with van der Waals surface area (Å²) in [5, 5.41) is 3.98. The second-order valence-corrected chi connectivity index (χ2v) is 6.03. The average molecular weight is 315 g/mol. The minimum atomic E-state index is -0.171. The van der Waals surface area contributed by atoms with Gasteiger partial charge in [-0.3, -0.25) is 4.79 Å². The van der Waals surface area contributed by atoms with Crippen molar-refractivity contribution in [1.82, 2.24) is 15.3 Å². The Morgan fingerprint density at radius 3 is 3.05 bits per heavy atom. The van der Waals surface area contributed by atoms with Crippen LogP contribution in [0.15, 0.2) is 35.1 Å². The van der Waals surface area contributed by atoms with Crippen molar-refractivity contribution in [2.45, 2.75) is 26.2 Å². The number of rotatable bonds is 6. The summed E-state index contributed by atoms with van der Waals surface area (Å²) in [6, 6.07) is 8.12. The Morgan fingerprint density at radius 1 is 1.36 bits per heavy atom. The lowest BCUT2D eigenvalue weighted by Gasteiger charge is -2.02. The lowest BCUT2D eigenvalue weighted by Crippen LogP contribution is -2.26. The van der Waals surface area contributed by atoms with Crippen molar-refractivity contribution in [3.05, 3.63) is 47.1 Å². The third-order valence-corrected chi connectivity index (χ3v) is 4.46. The fourth-order valence-corrected chi connectivity index (χ4v) is 3.27. The van der Waals surface area contributed by atoms with E-state index < -0.39 is 0 Å². The molecule has 1 amide bonds. The summed E-state index contributed by atoms with van der Waals surface area (Å²) in [4.78, 5) is 20.5. The van der Waals surface area contributed by atoms with Gasteiger partial charge in [-0.05, 0) is 18.6 Å². The van der Waals surface area contributed by atoms with Gasteiger partial charge in [0.05, 0.1) is 15.2 Å². The Labute approximate surface area is 132 Å². The second kappa shape index (κ2) is 6.70. The number of nitrogens with zero attached hydrogens (tertiary/aromatic N) is 2. The fraction of sp³-hybridized carbons (Fsp3) is 0.312. The van der Waals surface area contributed by atoms with Crippen LogP contribution < -0.4 is 5.32 Å². The molecule has 0 aliphatic heterocycles. The lowest BCUT2D eigenvalue weighted by molar-refractivity contribution is 0.0947. The maximum absolute atomic E-state index is 12.0. The number of carbonyl (C=O) groups is 1. The summed E-state index contributed by atoms with van der Waals surface area (Å²) < 4.78 is 6.37. The van der Waals surface area contributed by atoms with E-state index in [0.29, 0.717) is 24.4 Å². The summed E-state index contributed by atoms with van der Waals surface area (Å²) in [5.74, 6) is 0.457. The van der Waals surface area contributed by atoms with E-state index in [0.717, 1.165) is 23.4 Å². The average Bonchev–Trinajstić information content (AvgIpc) is 3.16. The lowest BCUT2D eigenvalue weighted by atomic mass is 10.2. The van der Waals surface area contributed by atoms with Crippen molar-refractivity contribution in [1.29, 1.82) is 0 Å². The van der Waals surface area contributed by atoms with Gasteiger partial charge in [0.1, 0.15) is 5.76 Å². The van der Waals surface area contributed by atoms with E-state index in [1.165, 1.54) is 11.1 Å². The first kappa shape index (κ1) is 14.7. The Bertz CT molecular complexity index is 745. The highest BCUT2D eigenvalue weighted by Gasteiger charge is 2.14. The van der Waals surface area contributed by atoms with Crippen LogP contribution in [0, 0.1) is 0 Å². The molecule has 2 aromatic heterocycles. The highest BCUT2D eigenvalue weighted by molar-refractivity contribution is 7.18. The van der Waals surface area contributed by atoms with Crippen LogP contribution in [0.2, 0.25) is 0 Å². The van der Waals surface area contributed by atoms with Crippen molar-refractivity contribution in [2.24, 2.45) is 0 Å². The van der Waals surface area contributed by atoms with Crippen LogP contribution in [-0.2, 0) is 12.8 Å². The van der Waals surface area contributed by atoms with Crippen LogP contribution in [-0.4, -0.2) is 22.4 Å². The molecule has 6 heteroatoms. The molecule has 22 heavy (non-hydrogen) atoms.